The van der Waals surface area contributed by atoms with Gasteiger partial charge < -0.3 is 15.2 Å². The summed E-state index contributed by atoms with van der Waals surface area (Å²) >= 11 is 3.74. The molecule has 2 N–H and O–H groups in total. The van der Waals surface area contributed by atoms with E-state index in [-0.39, 0.29) is 6.10 Å². The van der Waals surface area contributed by atoms with Gasteiger partial charge in [0.25, 0.3) is 0 Å². The van der Waals surface area contributed by atoms with Crippen molar-refractivity contribution in [1.82, 2.24) is 0 Å². The largest absolute Gasteiger partial charge is 0.493 e. The van der Waals surface area contributed by atoms with Gasteiger partial charge in [0, 0.05) is 5.75 Å². The van der Waals surface area contributed by atoms with Gasteiger partial charge in [0.05, 0.1) is 23.0 Å². The van der Waals surface area contributed by atoms with Crippen molar-refractivity contribution in [2.24, 2.45) is 15.9 Å². The zero-order chi connectivity index (χ0) is 19.8. The van der Waals surface area contributed by atoms with Crippen LogP contribution in [0.4, 0.5) is 0 Å². The molecule has 1 aliphatic carbocycles. The monoisotopic (exact) mass is 509 g/mol. The van der Waals surface area contributed by atoms with Crippen molar-refractivity contribution in [3.8, 4) is 11.5 Å². The molecule has 1 fully saturated rings. The summed E-state index contributed by atoms with van der Waals surface area (Å²) < 4.78 is 12.7. The van der Waals surface area contributed by atoms with Gasteiger partial charge in [-0.25, -0.2) is 0 Å². The summed E-state index contributed by atoms with van der Waals surface area (Å²) in [4.78, 5) is 0. The number of ether oxygens (including phenoxy) is 2. The second kappa shape index (κ2) is 10.7. The average Bonchev–Trinajstić information content (AvgIpc) is 3.22. The van der Waals surface area contributed by atoms with Crippen molar-refractivity contribution >= 4 is 45.7 Å². The zero-order valence-electron chi connectivity index (χ0n) is 15.8. The fourth-order valence-electron chi connectivity index (χ4n) is 3.01. The maximum Gasteiger partial charge on any atom is 0.180 e. The van der Waals surface area contributed by atoms with Crippen LogP contribution in [0.2, 0.25) is 0 Å². The molecule has 0 bridgehead atoms. The lowest BCUT2D eigenvalue weighted by Crippen LogP contribution is -2.12. The van der Waals surface area contributed by atoms with E-state index < -0.39 is 0 Å². The highest BCUT2D eigenvalue weighted by molar-refractivity contribution is 14.1. The average molecular weight is 509 g/mol. The van der Waals surface area contributed by atoms with E-state index >= 15 is 0 Å². The molecule has 3 rings (SSSR count). The molecule has 0 heterocycles. The number of methoxy groups -OCH3 is 1. The smallest absolute Gasteiger partial charge is 0.180 e. The summed E-state index contributed by atoms with van der Waals surface area (Å²) in [6.07, 6.45) is 6.65. The number of rotatable bonds is 7. The molecule has 5 nitrogen and oxygen atoms in total. The summed E-state index contributed by atoms with van der Waals surface area (Å²) in [6, 6.07) is 14.1. The van der Waals surface area contributed by atoms with Crippen molar-refractivity contribution in [3.05, 3.63) is 57.2 Å². The van der Waals surface area contributed by atoms with E-state index in [1.54, 1.807) is 13.3 Å². The molecule has 2 aromatic carbocycles. The molecule has 0 radical (unpaired) electrons. The first-order valence-electron chi connectivity index (χ1n) is 9.23. The van der Waals surface area contributed by atoms with Gasteiger partial charge in [-0.3, -0.25) is 0 Å². The molecular formula is C21H24IN3O2S. The number of hydrogen-bond acceptors (Lipinski definition) is 5. The summed E-state index contributed by atoms with van der Waals surface area (Å²) in [6.45, 7) is 0. The van der Waals surface area contributed by atoms with Crippen molar-refractivity contribution in [2.45, 2.75) is 37.5 Å². The third kappa shape index (κ3) is 6.13. The van der Waals surface area contributed by atoms with Crippen LogP contribution in [0.3, 0.4) is 0 Å². The Bertz CT molecular complexity index is 837. The number of thioether (sulfide) groups is 1. The topological polar surface area (TPSA) is 69.2 Å². The molecule has 1 aliphatic rings. The van der Waals surface area contributed by atoms with Gasteiger partial charge in [-0.15, -0.1) is 5.10 Å². The Balaban J connectivity index is 1.63. The van der Waals surface area contributed by atoms with Crippen molar-refractivity contribution in [2.75, 3.05) is 7.11 Å². The van der Waals surface area contributed by atoms with Crippen LogP contribution in [0.5, 0.6) is 11.5 Å². The van der Waals surface area contributed by atoms with Crippen LogP contribution in [-0.2, 0) is 5.75 Å². The molecule has 0 aromatic heterocycles. The lowest BCUT2D eigenvalue weighted by atomic mass is 10.2. The predicted octanol–water partition coefficient (Wildman–Crippen LogP) is 5.20. The molecule has 0 aliphatic heterocycles. The molecule has 7 heteroatoms. The van der Waals surface area contributed by atoms with E-state index in [1.807, 2.05) is 30.3 Å². The Kier molecular flexibility index (Phi) is 8.02. The van der Waals surface area contributed by atoms with Gasteiger partial charge in [0.2, 0.25) is 0 Å². The standard InChI is InChI=1S/C21H24IN3O2S/c1-26-19-12-16(11-18(22)20(19)27-17-9-5-6-10-17)13-24-25-21(23)28-14-15-7-3-2-4-8-15/h2-4,7-8,11-13,17H,5-6,9-10,14H2,1H3,(H2,23,25). The van der Waals surface area contributed by atoms with E-state index in [0.717, 1.165) is 39.2 Å². The van der Waals surface area contributed by atoms with E-state index in [4.69, 9.17) is 15.2 Å². The molecule has 148 valence electrons. The lowest BCUT2D eigenvalue weighted by molar-refractivity contribution is 0.199. The SMILES string of the molecule is COc1cc(C=NN=C(N)SCc2ccccc2)cc(I)c1OC1CCCC1. The molecule has 0 spiro atoms. The van der Waals surface area contributed by atoms with Gasteiger partial charge >= 0.3 is 0 Å². The van der Waals surface area contributed by atoms with E-state index in [0.29, 0.717) is 5.17 Å². The molecule has 0 amide bonds. The number of benzene rings is 2. The highest BCUT2D eigenvalue weighted by Gasteiger charge is 2.20. The number of halogens is 1. The maximum atomic E-state index is 6.17. The first-order chi connectivity index (χ1) is 13.7. The zero-order valence-corrected chi connectivity index (χ0v) is 18.8. The number of hydrogen-bond donors (Lipinski definition) is 1. The van der Waals surface area contributed by atoms with Crippen molar-refractivity contribution < 1.29 is 9.47 Å². The highest BCUT2D eigenvalue weighted by Crippen LogP contribution is 2.36. The van der Waals surface area contributed by atoms with Crippen LogP contribution >= 0.6 is 34.4 Å². The predicted molar refractivity (Wildman–Crippen MR) is 126 cm³/mol. The van der Waals surface area contributed by atoms with Gasteiger partial charge in [0.1, 0.15) is 0 Å². The fourth-order valence-corrected chi connectivity index (χ4v) is 4.38. The van der Waals surface area contributed by atoms with Gasteiger partial charge in [-0.1, -0.05) is 42.1 Å². The first-order valence-corrected chi connectivity index (χ1v) is 11.3. The normalized spacial score (nSPS) is 15.3. The minimum atomic E-state index is 0.285. The second-order valence-electron chi connectivity index (χ2n) is 6.52. The Morgan fingerprint density at radius 2 is 2.00 bits per heavy atom. The lowest BCUT2D eigenvalue weighted by Gasteiger charge is -2.17. The van der Waals surface area contributed by atoms with Crippen LogP contribution in [-0.4, -0.2) is 24.6 Å². The van der Waals surface area contributed by atoms with Gasteiger partial charge in [-0.05, 0) is 71.5 Å². The minimum Gasteiger partial charge on any atom is -0.493 e. The quantitative estimate of drug-likeness (QED) is 0.241. The van der Waals surface area contributed by atoms with Crippen molar-refractivity contribution in [3.63, 3.8) is 0 Å². The van der Waals surface area contributed by atoms with Gasteiger partial charge in [-0.2, -0.15) is 5.10 Å². The fraction of sp³-hybridized carbons (Fsp3) is 0.333. The van der Waals surface area contributed by atoms with Crippen molar-refractivity contribution in [1.29, 1.82) is 0 Å². The summed E-state index contributed by atoms with van der Waals surface area (Å²) in [5.74, 6) is 2.30. The second-order valence-corrected chi connectivity index (χ2v) is 8.67. The molecular weight excluding hydrogens is 485 g/mol. The Morgan fingerprint density at radius 1 is 1.25 bits per heavy atom. The summed E-state index contributed by atoms with van der Waals surface area (Å²) in [7, 11) is 1.66. The molecule has 28 heavy (non-hydrogen) atoms. The summed E-state index contributed by atoms with van der Waals surface area (Å²) in [5.41, 5.74) is 8.03. The van der Waals surface area contributed by atoms with Crippen LogP contribution < -0.4 is 15.2 Å². The summed E-state index contributed by atoms with van der Waals surface area (Å²) in [5, 5.41) is 8.63. The third-order valence-corrected chi connectivity index (χ3v) is 6.09. The Morgan fingerprint density at radius 3 is 2.71 bits per heavy atom. The van der Waals surface area contributed by atoms with E-state index in [2.05, 4.69) is 44.9 Å². The van der Waals surface area contributed by atoms with Crippen LogP contribution in [0.15, 0.2) is 52.7 Å². The van der Waals surface area contributed by atoms with Crippen LogP contribution in [0.25, 0.3) is 0 Å². The Labute approximate surface area is 183 Å². The minimum absolute atomic E-state index is 0.285. The number of nitrogens with two attached hydrogens (primary N) is 1. The third-order valence-electron chi connectivity index (χ3n) is 4.43. The van der Waals surface area contributed by atoms with E-state index in [9.17, 15) is 0 Å². The molecule has 0 saturated heterocycles. The van der Waals surface area contributed by atoms with E-state index in [1.165, 1.54) is 30.2 Å². The molecule has 0 unspecified atom stereocenters. The number of amidine groups is 1. The van der Waals surface area contributed by atoms with Crippen LogP contribution in [0.1, 0.15) is 36.8 Å². The molecule has 1 saturated carbocycles. The highest BCUT2D eigenvalue weighted by atomic mass is 127. The molecule has 2 aromatic rings. The van der Waals surface area contributed by atoms with Crippen LogP contribution in [0, 0.1) is 3.57 Å². The maximum absolute atomic E-state index is 6.17. The Hall–Kier alpha value is -1.74. The molecule has 0 atom stereocenters. The van der Waals surface area contributed by atoms with Gasteiger partial charge in [0.15, 0.2) is 16.7 Å². The first kappa shape index (κ1) is 21.0. The number of nitrogens with zero attached hydrogens (tertiary/aromatic N) is 2.